The van der Waals surface area contributed by atoms with Crippen molar-refractivity contribution in [2.24, 2.45) is 5.73 Å². The molecule has 0 radical (unpaired) electrons. The van der Waals surface area contributed by atoms with Gasteiger partial charge in [-0.1, -0.05) is 0 Å². The molecule has 5 N–H and O–H groups in total. The number of carboxylic acids is 1. The van der Waals surface area contributed by atoms with Gasteiger partial charge in [-0.2, -0.15) is 0 Å². The van der Waals surface area contributed by atoms with Crippen molar-refractivity contribution in [2.45, 2.75) is 12.3 Å². The minimum absolute atomic E-state index is 0.139. The van der Waals surface area contributed by atoms with E-state index in [0.717, 1.165) is 12.1 Å². The van der Waals surface area contributed by atoms with E-state index in [9.17, 15) is 14.3 Å². The summed E-state index contributed by atoms with van der Waals surface area (Å²) in [4.78, 5) is 10.5. The molecular weight excluding hydrogens is 217 g/mol. The third-order valence-corrected chi connectivity index (χ3v) is 2.25. The van der Waals surface area contributed by atoms with Gasteiger partial charge in [-0.3, -0.25) is 4.79 Å². The second-order valence-electron chi connectivity index (χ2n) is 3.36. The van der Waals surface area contributed by atoms with Crippen molar-refractivity contribution in [3.63, 3.8) is 0 Å². The number of phenols is 2. The lowest BCUT2D eigenvalue weighted by molar-refractivity contribution is -0.137. The van der Waals surface area contributed by atoms with E-state index in [1.165, 1.54) is 0 Å². The molecule has 0 aliphatic carbocycles. The molecule has 1 unspecified atom stereocenters. The second kappa shape index (κ2) is 4.80. The number of phenolic OH excluding ortho intramolecular Hbond substituents is 2. The van der Waals surface area contributed by atoms with Crippen molar-refractivity contribution in [3.8, 4) is 11.5 Å². The first-order valence-electron chi connectivity index (χ1n) is 4.59. The van der Waals surface area contributed by atoms with E-state index in [0.29, 0.717) is 0 Å². The van der Waals surface area contributed by atoms with Crippen molar-refractivity contribution in [2.75, 3.05) is 6.54 Å². The Morgan fingerprint density at radius 1 is 1.38 bits per heavy atom. The second-order valence-corrected chi connectivity index (χ2v) is 3.36. The summed E-state index contributed by atoms with van der Waals surface area (Å²) in [7, 11) is 0. The number of rotatable bonds is 4. The molecule has 0 saturated carbocycles. The first-order chi connectivity index (χ1) is 7.47. The Balaban J connectivity index is 3.18. The van der Waals surface area contributed by atoms with Gasteiger partial charge in [-0.05, 0) is 18.7 Å². The Bertz CT molecular complexity index is 408. The molecule has 1 atom stereocenters. The average molecular weight is 229 g/mol. The normalized spacial score (nSPS) is 12.4. The monoisotopic (exact) mass is 229 g/mol. The summed E-state index contributed by atoms with van der Waals surface area (Å²) < 4.78 is 13.5. The fourth-order valence-corrected chi connectivity index (χ4v) is 1.47. The van der Waals surface area contributed by atoms with E-state index in [4.69, 9.17) is 15.9 Å². The van der Waals surface area contributed by atoms with Crippen LogP contribution in [-0.4, -0.2) is 27.8 Å². The molecule has 1 aromatic carbocycles. The minimum atomic E-state index is -1.16. The molecule has 0 fully saturated rings. The lowest BCUT2D eigenvalue weighted by Crippen LogP contribution is -2.17. The van der Waals surface area contributed by atoms with Gasteiger partial charge in [0.2, 0.25) is 0 Å². The zero-order valence-electron chi connectivity index (χ0n) is 8.35. The van der Waals surface area contributed by atoms with E-state index >= 15 is 0 Å². The van der Waals surface area contributed by atoms with Crippen LogP contribution in [0.3, 0.4) is 0 Å². The van der Waals surface area contributed by atoms with E-state index in [1.807, 2.05) is 0 Å². The molecule has 1 rings (SSSR count). The molecular formula is C10H12FNO4. The van der Waals surface area contributed by atoms with Crippen LogP contribution in [0.25, 0.3) is 0 Å². The average Bonchev–Trinajstić information content (AvgIpc) is 2.22. The Morgan fingerprint density at radius 2 is 1.94 bits per heavy atom. The number of nitrogens with two attached hydrogens (primary N) is 1. The Kier molecular flexibility index (Phi) is 3.68. The van der Waals surface area contributed by atoms with Crippen LogP contribution in [0.15, 0.2) is 12.1 Å². The predicted octanol–water partition coefficient (Wildman–Crippen LogP) is 0.754. The van der Waals surface area contributed by atoms with Crippen molar-refractivity contribution in [1.82, 2.24) is 0 Å². The number of hydrogen-bond acceptors (Lipinski definition) is 4. The Labute approximate surface area is 90.9 Å². The first-order valence-corrected chi connectivity index (χ1v) is 4.59. The lowest BCUT2D eigenvalue weighted by atomic mass is 9.94. The third-order valence-electron chi connectivity index (χ3n) is 2.25. The zero-order valence-corrected chi connectivity index (χ0v) is 8.35. The van der Waals surface area contributed by atoms with Crippen molar-refractivity contribution in [3.05, 3.63) is 23.5 Å². The van der Waals surface area contributed by atoms with Crippen LogP contribution in [0.2, 0.25) is 0 Å². The molecule has 0 aromatic heterocycles. The van der Waals surface area contributed by atoms with Crippen LogP contribution in [0.1, 0.15) is 17.9 Å². The number of benzene rings is 1. The summed E-state index contributed by atoms with van der Waals surface area (Å²) in [6, 6.07) is 2.08. The van der Waals surface area contributed by atoms with Crippen LogP contribution >= 0.6 is 0 Å². The fourth-order valence-electron chi connectivity index (χ4n) is 1.47. The molecule has 6 heteroatoms. The third kappa shape index (κ3) is 2.40. The number of hydrogen-bond donors (Lipinski definition) is 4. The van der Waals surface area contributed by atoms with Crippen LogP contribution in [0, 0.1) is 5.82 Å². The number of halogens is 1. The summed E-state index contributed by atoms with van der Waals surface area (Å²) in [5.74, 6) is -4.11. The molecule has 0 aliphatic heterocycles. The number of aromatic hydroxyl groups is 2. The largest absolute Gasteiger partial charge is 0.508 e. The number of carboxylic acid groups (broad SMARTS) is 1. The molecule has 16 heavy (non-hydrogen) atoms. The standard InChI is InChI=1S/C10H12FNO4/c11-10-7(14)2-1-6(13)9(10)5(4-12)3-8(15)16/h1-2,5,13-14H,3-4,12H2,(H,15,16). The predicted molar refractivity (Wildman–Crippen MR) is 53.8 cm³/mol. The van der Waals surface area contributed by atoms with E-state index < -0.39 is 35.6 Å². The molecule has 0 aliphatic rings. The Hall–Kier alpha value is -1.82. The number of carbonyl (C=O) groups is 1. The molecule has 0 heterocycles. The lowest BCUT2D eigenvalue weighted by Gasteiger charge is -2.15. The molecule has 0 amide bonds. The van der Waals surface area contributed by atoms with Gasteiger partial charge in [0, 0.05) is 11.5 Å². The van der Waals surface area contributed by atoms with E-state index in [-0.39, 0.29) is 12.1 Å². The highest BCUT2D eigenvalue weighted by atomic mass is 19.1. The van der Waals surface area contributed by atoms with E-state index in [2.05, 4.69) is 0 Å². The minimum Gasteiger partial charge on any atom is -0.508 e. The van der Waals surface area contributed by atoms with Crippen LogP contribution in [0.5, 0.6) is 11.5 Å². The van der Waals surface area contributed by atoms with Gasteiger partial charge in [-0.25, -0.2) is 4.39 Å². The highest BCUT2D eigenvalue weighted by molar-refractivity contribution is 5.68. The summed E-state index contributed by atoms with van der Waals surface area (Å²) >= 11 is 0. The van der Waals surface area contributed by atoms with Crippen LogP contribution < -0.4 is 5.73 Å². The molecule has 88 valence electrons. The highest BCUT2D eigenvalue weighted by Crippen LogP contribution is 2.34. The van der Waals surface area contributed by atoms with Gasteiger partial charge in [-0.15, -0.1) is 0 Å². The summed E-state index contributed by atoms with van der Waals surface area (Å²) in [5, 5.41) is 27.2. The van der Waals surface area contributed by atoms with Gasteiger partial charge in [0.25, 0.3) is 0 Å². The van der Waals surface area contributed by atoms with Crippen molar-refractivity contribution >= 4 is 5.97 Å². The van der Waals surface area contributed by atoms with Gasteiger partial charge < -0.3 is 21.1 Å². The highest BCUT2D eigenvalue weighted by Gasteiger charge is 2.23. The van der Waals surface area contributed by atoms with Gasteiger partial charge in [0.05, 0.1) is 6.42 Å². The number of aliphatic carboxylic acids is 1. The van der Waals surface area contributed by atoms with Gasteiger partial charge in [0.1, 0.15) is 5.75 Å². The molecule has 0 bridgehead atoms. The first kappa shape index (κ1) is 12.3. The van der Waals surface area contributed by atoms with Crippen molar-refractivity contribution < 1.29 is 24.5 Å². The van der Waals surface area contributed by atoms with Crippen LogP contribution in [-0.2, 0) is 4.79 Å². The maximum absolute atomic E-state index is 13.5. The maximum Gasteiger partial charge on any atom is 0.304 e. The molecule has 1 aromatic rings. The molecule has 5 nitrogen and oxygen atoms in total. The topological polar surface area (TPSA) is 104 Å². The SMILES string of the molecule is NCC(CC(=O)O)c1c(O)ccc(O)c1F. The molecule has 0 saturated heterocycles. The smallest absolute Gasteiger partial charge is 0.304 e. The van der Waals surface area contributed by atoms with Gasteiger partial charge in [0.15, 0.2) is 11.6 Å². The van der Waals surface area contributed by atoms with Crippen molar-refractivity contribution in [1.29, 1.82) is 0 Å². The van der Waals surface area contributed by atoms with E-state index in [1.54, 1.807) is 0 Å². The summed E-state index contributed by atoms with van der Waals surface area (Å²) in [5.41, 5.74) is 5.06. The quantitative estimate of drug-likeness (QED) is 0.570. The summed E-state index contributed by atoms with van der Waals surface area (Å²) in [6.07, 6.45) is -0.412. The maximum atomic E-state index is 13.5. The Morgan fingerprint density at radius 3 is 2.44 bits per heavy atom. The zero-order chi connectivity index (χ0) is 12.3. The molecule has 0 spiro atoms. The van der Waals surface area contributed by atoms with Gasteiger partial charge >= 0.3 is 5.97 Å². The fraction of sp³-hybridized carbons (Fsp3) is 0.300. The van der Waals surface area contributed by atoms with Crippen LogP contribution in [0.4, 0.5) is 4.39 Å². The summed E-state index contributed by atoms with van der Waals surface area (Å²) in [6.45, 7) is -0.139.